The van der Waals surface area contributed by atoms with E-state index in [2.05, 4.69) is 11.0 Å². The van der Waals surface area contributed by atoms with Gasteiger partial charge >= 0.3 is 0 Å². The van der Waals surface area contributed by atoms with Crippen molar-refractivity contribution >= 4 is 5.91 Å². The van der Waals surface area contributed by atoms with Crippen LogP contribution in [0.3, 0.4) is 0 Å². The summed E-state index contributed by atoms with van der Waals surface area (Å²) in [6.07, 6.45) is 5.22. The third kappa shape index (κ3) is 3.28. The Hall–Kier alpha value is -1.59. The first kappa shape index (κ1) is 17.2. The van der Waals surface area contributed by atoms with Crippen LogP contribution in [0.5, 0.6) is 5.75 Å². The van der Waals surface area contributed by atoms with E-state index in [9.17, 15) is 9.90 Å². The van der Waals surface area contributed by atoms with Gasteiger partial charge in [-0.2, -0.15) is 0 Å². The maximum absolute atomic E-state index is 11.3. The fourth-order valence-electron chi connectivity index (χ4n) is 4.57. The summed E-state index contributed by atoms with van der Waals surface area (Å²) in [6.45, 7) is 1.41. The minimum atomic E-state index is -0.604. The summed E-state index contributed by atoms with van der Waals surface area (Å²) in [5.74, 6) is 0.740. The maximum atomic E-state index is 11.3. The van der Waals surface area contributed by atoms with Crippen LogP contribution in [0.15, 0.2) is 24.3 Å². The lowest BCUT2D eigenvalue weighted by molar-refractivity contribution is -0.128. The number of para-hydroxylation sites is 1. The lowest BCUT2D eigenvalue weighted by Crippen LogP contribution is -2.55. The number of fused-ring (bicyclic) bond motifs is 1. The molecular weight excluding hydrogens is 304 g/mol. The molecule has 1 aromatic rings. The molecule has 2 fully saturated rings. The van der Waals surface area contributed by atoms with Gasteiger partial charge in [-0.3, -0.25) is 9.69 Å². The second kappa shape index (κ2) is 7.11. The second-order valence-electron chi connectivity index (χ2n) is 7.14. The number of aliphatic hydroxyl groups is 1. The van der Waals surface area contributed by atoms with Crippen molar-refractivity contribution in [2.24, 2.45) is 11.7 Å². The summed E-state index contributed by atoms with van der Waals surface area (Å²) < 4.78 is 5.59. The minimum Gasteiger partial charge on any atom is -0.496 e. The molecule has 0 spiro atoms. The predicted molar refractivity (Wildman–Crippen MR) is 92.6 cm³/mol. The number of carbonyl (C=O) groups excluding carboxylic acids is 1. The Bertz CT molecular complexity index is 592. The average molecular weight is 332 g/mol. The smallest absolute Gasteiger partial charge is 0.218 e. The number of amides is 1. The molecular formula is C19H28N2O3. The number of benzene rings is 1. The van der Waals surface area contributed by atoms with Crippen LogP contribution < -0.4 is 10.5 Å². The number of primary amides is 1. The lowest BCUT2D eigenvalue weighted by Gasteiger charge is -2.53. The molecule has 1 aliphatic heterocycles. The molecule has 3 unspecified atom stereocenters. The molecule has 3 N–H and O–H groups in total. The molecule has 2 aliphatic rings. The van der Waals surface area contributed by atoms with Gasteiger partial charge in [0.25, 0.3) is 0 Å². The molecule has 1 amide bonds. The number of hydrogen-bond donors (Lipinski definition) is 2. The monoisotopic (exact) mass is 332 g/mol. The topological polar surface area (TPSA) is 75.8 Å². The molecule has 1 aliphatic carbocycles. The van der Waals surface area contributed by atoms with Crippen molar-refractivity contribution in [1.82, 2.24) is 4.90 Å². The third-order valence-corrected chi connectivity index (χ3v) is 5.77. The van der Waals surface area contributed by atoms with Crippen LogP contribution in [0.1, 0.15) is 50.1 Å². The SMILES string of the molecule is COc1ccccc1C1C2CCCCC2(O)CCN1CCC(N)=O. The van der Waals surface area contributed by atoms with Gasteiger partial charge in [-0.25, -0.2) is 0 Å². The van der Waals surface area contributed by atoms with E-state index in [0.29, 0.717) is 13.0 Å². The van der Waals surface area contributed by atoms with Crippen molar-refractivity contribution < 1.29 is 14.6 Å². The molecule has 1 saturated carbocycles. The zero-order valence-electron chi connectivity index (χ0n) is 14.4. The van der Waals surface area contributed by atoms with Crippen molar-refractivity contribution in [3.63, 3.8) is 0 Å². The van der Waals surface area contributed by atoms with Crippen LogP contribution in [-0.2, 0) is 4.79 Å². The van der Waals surface area contributed by atoms with E-state index < -0.39 is 5.60 Å². The van der Waals surface area contributed by atoms with Crippen LogP contribution in [0.25, 0.3) is 0 Å². The molecule has 3 atom stereocenters. The Balaban J connectivity index is 1.96. The second-order valence-corrected chi connectivity index (χ2v) is 7.14. The van der Waals surface area contributed by atoms with E-state index in [0.717, 1.165) is 50.0 Å². The first-order valence-electron chi connectivity index (χ1n) is 8.93. The number of likely N-dealkylation sites (tertiary alicyclic amines) is 1. The molecule has 3 rings (SSSR count). The number of carbonyl (C=O) groups is 1. The summed E-state index contributed by atoms with van der Waals surface area (Å²) in [7, 11) is 1.68. The Kier molecular flexibility index (Phi) is 5.11. The number of ether oxygens (including phenoxy) is 1. The first-order chi connectivity index (χ1) is 11.5. The zero-order chi connectivity index (χ0) is 17.2. The van der Waals surface area contributed by atoms with Crippen molar-refractivity contribution in [2.45, 2.75) is 50.2 Å². The summed E-state index contributed by atoms with van der Waals surface area (Å²) in [4.78, 5) is 13.6. The highest BCUT2D eigenvalue weighted by atomic mass is 16.5. The summed E-state index contributed by atoms with van der Waals surface area (Å²) in [6, 6.07) is 8.10. The molecule has 132 valence electrons. The Morgan fingerprint density at radius 3 is 2.92 bits per heavy atom. The normalized spacial score (nSPS) is 30.6. The van der Waals surface area contributed by atoms with Crippen LogP contribution >= 0.6 is 0 Å². The van der Waals surface area contributed by atoms with Gasteiger partial charge in [-0.05, 0) is 25.3 Å². The summed E-state index contributed by atoms with van der Waals surface area (Å²) >= 11 is 0. The van der Waals surface area contributed by atoms with Gasteiger partial charge < -0.3 is 15.6 Å². The molecule has 1 aromatic carbocycles. The van der Waals surface area contributed by atoms with Crippen molar-refractivity contribution in [3.05, 3.63) is 29.8 Å². The van der Waals surface area contributed by atoms with E-state index >= 15 is 0 Å². The summed E-state index contributed by atoms with van der Waals surface area (Å²) in [5.41, 5.74) is 5.87. The molecule has 1 saturated heterocycles. The van der Waals surface area contributed by atoms with Crippen molar-refractivity contribution in [1.29, 1.82) is 0 Å². The highest BCUT2D eigenvalue weighted by Crippen LogP contribution is 2.50. The average Bonchev–Trinajstić information content (AvgIpc) is 2.59. The lowest BCUT2D eigenvalue weighted by atomic mass is 9.66. The van der Waals surface area contributed by atoms with E-state index in [1.807, 2.05) is 18.2 Å². The largest absolute Gasteiger partial charge is 0.496 e. The Morgan fingerprint density at radius 2 is 2.17 bits per heavy atom. The van der Waals surface area contributed by atoms with E-state index in [-0.39, 0.29) is 17.9 Å². The molecule has 5 nitrogen and oxygen atoms in total. The predicted octanol–water partition coefficient (Wildman–Crippen LogP) is 2.24. The van der Waals surface area contributed by atoms with Gasteiger partial charge in [0, 0.05) is 37.0 Å². The highest BCUT2D eigenvalue weighted by Gasteiger charge is 2.49. The quantitative estimate of drug-likeness (QED) is 0.867. The molecule has 1 heterocycles. The van der Waals surface area contributed by atoms with Crippen LogP contribution in [0.4, 0.5) is 0 Å². The summed E-state index contributed by atoms with van der Waals surface area (Å²) in [5, 5.41) is 11.2. The van der Waals surface area contributed by atoms with Gasteiger partial charge in [0.1, 0.15) is 5.75 Å². The van der Waals surface area contributed by atoms with Crippen LogP contribution in [0, 0.1) is 5.92 Å². The van der Waals surface area contributed by atoms with E-state index in [4.69, 9.17) is 10.5 Å². The van der Waals surface area contributed by atoms with Gasteiger partial charge in [-0.15, -0.1) is 0 Å². The maximum Gasteiger partial charge on any atom is 0.218 e. The van der Waals surface area contributed by atoms with Gasteiger partial charge in [0.15, 0.2) is 0 Å². The molecule has 0 radical (unpaired) electrons. The number of nitrogens with two attached hydrogens (primary N) is 1. The number of rotatable bonds is 5. The van der Waals surface area contributed by atoms with E-state index in [1.54, 1.807) is 7.11 Å². The fraction of sp³-hybridized carbons (Fsp3) is 0.632. The van der Waals surface area contributed by atoms with Crippen LogP contribution in [-0.4, -0.2) is 41.7 Å². The zero-order valence-corrected chi connectivity index (χ0v) is 14.4. The Morgan fingerprint density at radius 1 is 1.38 bits per heavy atom. The molecule has 24 heavy (non-hydrogen) atoms. The molecule has 5 heteroatoms. The number of methoxy groups -OCH3 is 1. The number of hydrogen-bond acceptors (Lipinski definition) is 4. The third-order valence-electron chi connectivity index (χ3n) is 5.77. The van der Waals surface area contributed by atoms with Crippen molar-refractivity contribution in [2.75, 3.05) is 20.2 Å². The van der Waals surface area contributed by atoms with Gasteiger partial charge in [0.05, 0.1) is 12.7 Å². The van der Waals surface area contributed by atoms with Crippen LogP contribution in [0.2, 0.25) is 0 Å². The Labute approximate surface area is 143 Å². The van der Waals surface area contributed by atoms with E-state index in [1.165, 1.54) is 0 Å². The molecule has 0 aromatic heterocycles. The van der Waals surface area contributed by atoms with Gasteiger partial charge in [0.2, 0.25) is 5.91 Å². The number of nitrogens with zero attached hydrogens (tertiary/aromatic N) is 1. The minimum absolute atomic E-state index is 0.0690. The number of piperidine rings is 1. The van der Waals surface area contributed by atoms with Gasteiger partial charge in [-0.1, -0.05) is 31.0 Å². The first-order valence-corrected chi connectivity index (χ1v) is 8.93. The highest BCUT2D eigenvalue weighted by molar-refractivity contribution is 5.73. The van der Waals surface area contributed by atoms with Crippen molar-refractivity contribution in [3.8, 4) is 5.75 Å². The fourth-order valence-corrected chi connectivity index (χ4v) is 4.57. The molecule has 0 bridgehead atoms. The standard InChI is InChI=1S/C19H28N2O3/c1-24-16-8-3-2-6-14(16)18-15-7-4-5-10-19(15,23)11-13-21(18)12-9-17(20)22/h2-3,6,8,15,18,23H,4-5,7,9-13H2,1H3,(H2,20,22).